The summed E-state index contributed by atoms with van der Waals surface area (Å²) in [5.74, 6) is -0.215. The number of halogens is 1. The summed E-state index contributed by atoms with van der Waals surface area (Å²) in [6.45, 7) is 13.5. The second kappa shape index (κ2) is 7.14. The fourth-order valence-electron chi connectivity index (χ4n) is 4.50. The Morgan fingerprint density at radius 2 is 1.70 bits per heavy atom. The minimum absolute atomic E-state index is 0.215. The quantitative estimate of drug-likeness (QED) is 0.757. The summed E-state index contributed by atoms with van der Waals surface area (Å²) in [5.41, 5.74) is 0.949. The van der Waals surface area contributed by atoms with Gasteiger partial charge in [-0.15, -0.1) is 0 Å². The molecular formula is C21H32BFN2O2. The van der Waals surface area contributed by atoms with E-state index in [1.54, 1.807) is 12.1 Å². The molecule has 0 radical (unpaired) electrons. The fourth-order valence-corrected chi connectivity index (χ4v) is 4.50. The third-order valence-corrected chi connectivity index (χ3v) is 6.82. The lowest BCUT2D eigenvalue weighted by Crippen LogP contribution is -2.41. The molecule has 1 aromatic rings. The zero-order valence-electron chi connectivity index (χ0n) is 17.1. The predicted molar refractivity (Wildman–Crippen MR) is 107 cm³/mol. The van der Waals surface area contributed by atoms with Crippen LogP contribution in [-0.2, 0) is 15.9 Å². The van der Waals surface area contributed by atoms with Gasteiger partial charge in [0, 0.05) is 25.7 Å². The molecule has 0 N–H and O–H groups in total. The van der Waals surface area contributed by atoms with Crippen LogP contribution in [-0.4, -0.2) is 60.3 Å². The monoisotopic (exact) mass is 374 g/mol. The van der Waals surface area contributed by atoms with E-state index in [0.29, 0.717) is 6.04 Å². The van der Waals surface area contributed by atoms with Crippen molar-refractivity contribution >= 4 is 12.6 Å². The molecule has 0 aliphatic carbocycles. The van der Waals surface area contributed by atoms with Gasteiger partial charge in [-0.3, -0.25) is 9.80 Å². The van der Waals surface area contributed by atoms with Gasteiger partial charge in [0.1, 0.15) is 5.82 Å². The maximum atomic E-state index is 14.3. The Bertz CT molecular complexity index is 675. The Labute approximate surface area is 163 Å². The Kier molecular flexibility index (Phi) is 5.12. The Balaban J connectivity index is 1.44. The molecule has 27 heavy (non-hydrogen) atoms. The molecule has 3 aliphatic heterocycles. The van der Waals surface area contributed by atoms with Crippen molar-refractivity contribution in [1.29, 1.82) is 0 Å². The van der Waals surface area contributed by atoms with Crippen LogP contribution in [0.3, 0.4) is 0 Å². The molecule has 0 spiro atoms. The molecule has 3 fully saturated rings. The van der Waals surface area contributed by atoms with Crippen molar-refractivity contribution in [2.45, 2.75) is 70.7 Å². The molecule has 4 nitrogen and oxygen atoms in total. The van der Waals surface area contributed by atoms with Gasteiger partial charge in [0.2, 0.25) is 0 Å². The first-order chi connectivity index (χ1) is 12.7. The molecule has 1 atom stereocenters. The van der Waals surface area contributed by atoms with E-state index < -0.39 is 18.3 Å². The largest absolute Gasteiger partial charge is 0.494 e. The van der Waals surface area contributed by atoms with Crippen LogP contribution in [0, 0.1) is 5.82 Å². The van der Waals surface area contributed by atoms with Crippen LogP contribution in [0.4, 0.5) is 4.39 Å². The lowest BCUT2D eigenvalue weighted by atomic mass is 9.78. The Morgan fingerprint density at radius 1 is 1.04 bits per heavy atom. The molecule has 4 rings (SSSR count). The van der Waals surface area contributed by atoms with Crippen LogP contribution in [0.15, 0.2) is 18.2 Å². The zero-order chi connectivity index (χ0) is 19.2. The van der Waals surface area contributed by atoms with Crippen LogP contribution in [0.2, 0.25) is 0 Å². The van der Waals surface area contributed by atoms with Gasteiger partial charge in [0.15, 0.2) is 0 Å². The molecule has 1 aromatic carbocycles. The van der Waals surface area contributed by atoms with E-state index in [0.717, 1.165) is 30.7 Å². The molecular weight excluding hydrogens is 342 g/mol. The highest BCUT2D eigenvalue weighted by atomic mass is 19.1. The molecule has 0 saturated carbocycles. The number of hydrogen-bond donors (Lipinski definition) is 0. The standard InChI is InChI=1S/C21H32BFN2O2/c1-20(2)21(3,4)27-22(26-20)17-11-16(12-18(23)13-17)14-24-10-7-19(15-24)25-8-5-6-9-25/h11-13,19H,5-10,14-15H2,1-4H3. The van der Waals surface area contributed by atoms with Crippen molar-refractivity contribution in [1.82, 2.24) is 9.80 Å². The number of hydrogen-bond acceptors (Lipinski definition) is 4. The average molecular weight is 374 g/mol. The van der Waals surface area contributed by atoms with E-state index in [4.69, 9.17) is 9.31 Å². The predicted octanol–water partition coefficient (Wildman–Crippen LogP) is 2.80. The SMILES string of the molecule is CC1(C)OB(c2cc(F)cc(CN3CCC(N4CCCC4)C3)c2)OC1(C)C. The lowest BCUT2D eigenvalue weighted by molar-refractivity contribution is 0.00578. The molecule has 3 saturated heterocycles. The maximum absolute atomic E-state index is 14.3. The number of likely N-dealkylation sites (tertiary alicyclic amines) is 2. The van der Waals surface area contributed by atoms with E-state index in [9.17, 15) is 4.39 Å². The van der Waals surface area contributed by atoms with E-state index in [-0.39, 0.29) is 5.82 Å². The summed E-state index contributed by atoms with van der Waals surface area (Å²) in [5, 5.41) is 0. The van der Waals surface area contributed by atoms with Crippen LogP contribution >= 0.6 is 0 Å². The Hall–Kier alpha value is -0.945. The maximum Gasteiger partial charge on any atom is 0.494 e. The van der Waals surface area contributed by atoms with Gasteiger partial charge >= 0.3 is 7.12 Å². The highest BCUT2D eigenvalue weighted by molar-refractivity contribution is 6.62. The molecule has 3 heterocycles. The molecule has 148 valence electrons. The molecule has 3 aliphatic rings. The minimum Gasteiger partial charge on any atom is -0.399 e. The first-order valence-corrected chi connectivity index (χ1v) is 10.3. The minimum atomic E-state index is -0.514. The summed E-state index contributed by atoms with van der Waals surface area (Å²) in [4.78, 5) is 5.08. The van der Waals surface area contributed by atoms with Crippen molar-refractivity contribution in [2.75, 3.05) is 26.2 Å². The van der Waals surface area contributed by atoms with Crippen LogP contribution in [0.25, 0.3) is 0 Å². The molecule has 0 bridgehead atoms. The summed E-state index contributed by atoms with van der Waals surface area (Å²) >= 11 is 0. The highest BCUT2D eigenvalue weighted by Gasteiger charge is 2.51. The normalized spacial score (nSPS) is 28.3. The molecule has 6 heteroatoms. The first kappa shape index (κ1) is 19.4. The summed E-state index contributed by atoms with van der Waals surface area (Å²) in [6, 6.07) is 5.92. The van der Waals surface area contributed by atoms with E-state index in [1.165, 1.54) is 32.4 Å². The van der Waals surface area contributed by atoms with Crippen LogP contribution in [0.5, 0.6) is 0 Å². The molecule has 0 amide bonds. The van der Waals surface area contributed by atoms with Gasteiger partial charge in [-0.05, 0) is 83.2 Å². The van der Waals surface area contributed by atoms with E-state index in [2.05, 4.69) is 15.9 Å². The van der Waals surface area contributed by atoms with Crippen LogP contribution < -0.4 is 5.46 Å². The van der Waals surface area contributed by atoms with Gasteiger partial charge in [-0.2, -0.15) is 0 Å². The number of rotatable bonds is 4. The third kappa shape index (κ3) is 3.95. The van der Waals surface area contributed by atoms with Gasteiger partial charge in [0.25, 0.3) is 0 Å². The third-order valence-electron chi connectivity index (χ3n) is 6.82. The topological polar surface area (TPSA) is 24.9 Å². The zero-order valence-corrected chi connectivity index (χ0v) is 17.1. The molecule has 0 aromatic heterocycles. The van der Waals surface area contributed by atoms with Gasteiger partial charge in [0.05, 0.1) is 11.2 Å². The second-order valence-corrected chi connectivity index (χ2v) is 9.40. The van der Waals surface area contributed by atoms with Crippen LogP contribution in [0.1, 0.15) is 52.5 Å². The lowest BCUT2D eigenvalue weighted by Gasteiger charge is -2.32. The van der Waals surface area contributed by atoms with Gasteiger partial charge < -0.3 is 9.31 Å². The van der Waals surface area contributed by atoms with Crippen molar-refractivity contribution in [2.24, 2.45) is 0 Å². The van der Waals surface area contributed by atoms with E-state index in [1.807, 2.05) is 27.7 Å². The van der Waals surface area contributed by atoms with Gasteiger partial charge in [-0.1, -0.05) is 6.07 Å². The molecule has 1 unspecified atom stereocenters. The average Bonchev–Trinajstić information content (AvgIpc) is 3.27. The second-order valence-electron chi connectivity index (χ2n) is 9.40. The highest BCUT2D eigenvalue weighted by Crippen LogP contribution is 2.36. The van der Waals surface area contributed by atoms with Gasteiger partial charge in [-0.25, -0.2) is 4.39 Å². The fraction of sp³-hybridized carbons (Fsp3) is 0.714. The number of nitrogens with zero attached hydrogens (tertiary/aromatic N) is 2. The first-order valence-electron chi connectivity index (χ1n) is 10.3. The Morgan fingerprint density at radius 3 is 2.37 bits per heavy atom. The summed E-state index contributed by atoms with van der Waals surface area (Å²) in [6.07, 6.45) is 3.88. The van der Waals surface area contributed by atoms with Crippen molar-refractivity contribution < 1.29 is 13.7 Å². The summed E-state index contributed by atoms with van der Waals surface area (Å²) < 4.78 is 26.5. The van der Waals surface area contributed by atoms with Crippen molar-refractivity contribution in [3.8, 4) is 0 Å². The van der Waals surface area contributed by atoms with E-state index >= 15 is 0 Å². The van der Waals surface area contributed by atoms with Crippen molar-refractivity contribution in [3.63, 3.8) is 0 Å². The van der Waals surface area contributed by atoms with Crippen molar-refractivity contribution in [3.05, 3.63) is 29.6 Å². The smallest absolute Gasteiger partial charge is 0.399 e. The number of benzene rings is 1. The summed E-state index contributed by atoms with van der Waals surface area (Å²) in [7, 11) is -0.514.